The van der Waals surface area contributed by atoms with Crippen molar-refractivity contribution >= 4 is 44.9 Å². The van der Waals surface area contributed by atoms with Crippen LogP contribution in [0.15, 0.2) is 36.8 Å². The first-order chi connectivity index (χ1) is 19.6. The Labute approximate surface area is 246 Å². The van der Waals surface area contributed by atoms with Gasteiger partial charge in [-0.05, 0) is 68.2 Å². The molecule has 1 saturated heterocycles. The highest BCUT2D eigenvalue weighted by Gasteiger charge is 2.30. The van der Waals surface area contributed by atoms with Crippen LogP contribution in [0.1, 0.15) is 43.0 Å². The fourth-order valence-corrected chi connectivity index (χ4v) is 6.30. The van der Waals surface area contributed by atoms with Crippen LogP contribution in [0.5, 0.6) is 0 Å². The second kappa shape index (κ2) is 12.4. The van der Waals surface area contributed by atoms with Crippen molar-refractivity contribution in [2.45, 2.75) is 57.7 Å². The third kappa shape index (κ3) is 7.06. The molecule has 0 amide bonds. The summed E-state index contributed by atoms with van der Waals surface area (Å²) in [5.41, 5.74) is 4.05. The standard InChI is InChI=1S/C28H37ClN8O3S/c1-18(37-13-10-23(38)17-37)19-4-6-20-8-9-22(14-21(20)7-5-19)34-28-33-15-24(29)26(35-28)32-16-25-27(31-12-11-30-25)36(2)41(3,39)40/h8-9,11-12,14-15,18-19,23,38H,4-7,10,13,16-17H2,1-3H3,(H2,32,33,34,35)/t18?,19?,23-/m0/s1. The molecule has 0 spiro atoms. The van der Waals surface area contributed by atoms with Gasteiger partial charge in [-0.3, -0.25) is 14.2 Å². The Bertz CT molecular complexity index is 1490. The smallest absolute Gasteiger partial charge is 0.233 e. The predicted octanol–water partition coefficient (Wildman–Crippen LogP) is 3.62. The highest BCUT2D eigenvalue weighted by molar-refractivity contribution is 7.92. The van der Waals surface area contributed by atoms with Crippen LogP contribution in [0, 0.1) is 5.92 Å². The zero-order chi connectivity index (χ0) is 29.1. The SMILES string of the molecule is CC(C1CCc2ccc(Nc3ncc(Cl)c(NCc4nccnc4N(C)S(C)(=O)=O)n3)cc2CC1)N1CC[C@H](O)C1. The number of nitrogens with one attached hydrogen (secondary N) is 2. The van der Waals surface area contributed by atoms with E-state index in [0.717, 1.165) is 61.4 Å². The number of fused-ring (bicyclic) bond motifs is 1. The van der Waals surface area contributed by atoms with Gasteiger partial charge in [0.2, 0.25) is 16.0 Å². The zero-order valence-electron chi connectivity index (χ0n) is 23.6. The lowest BCUT2D eigenvalue weighted by Crippen LogP contribution is -2.37. The van der Waals surface area contributed by atoms with E-state index in [4.69, 9.17) is 11.6 Å². The Hall–Kier alpha value is -3.06. The van der Waals surface area contributed by atoms with Crippen molar-refractivity contribution in [2.24, 2.45) is 5.92 Å². The third-order valence-electron chi connectivity index (χ3n) is 8.20. The van der Waals surface area contributed by atoms with E-state index in [1.165, 1.54) is 36.8 Å². The summed E-state index contributed by atoms with van der Waals surface area (Å²) < 4.78 is 25.1. The summed E-state index contributed by atoms with van der Waals surface area (Å²) in [7, 11) is -2.07. The van der Waals surface area contributed by atoms with Crippen LogP contribution in [0.3, 0.4) is 0 Å². The van der Waals surface area contributed by atoms with E-state index >= 15 is 0 Å². The van der Waals surface area contributed by atoms with Gasteiger partial charge in [-0.15, -0.1) is 0 Å². The van der Waals surface area contributed by atoms with Gasteiger partial charge in [-0.2, -0.15) is 4.98 Å². The summed E-state index contributed by atoms with van der Waals surface area (Å²) in [6, 6.07) is 6.89. The van der Waals surface area contributed by atoms with Crippen LogP contribution in [-0.4, -0.2) is 76.9 Å². The van der Waals surface area contributed by atoms with Gasteiger partial charge in [0.1, 0.15) is 10.7 Å². The summed E-state index contributed by atoms with van der Waals surface area (Å²) in [6.45, 7) is 4.24. The molecule has 3 aromatic rings. The van der Waals surface area contributed by atoms with E-state index in [2.05, 4.69) is 60.6 Å². The largest absolute Gasteiger partial charge is 0.392 e. The van der Waals surface area contributed by atoms with Gasteiger partial charge in [0.05, 0.1) is 25.1 Å². The lowest BCUT2D eigenvalue weighted by atomic mass is 9.91. The van der Waals surface area contributed by atoms with Crippen LogP contribution in [0.2, 0.25) is 5.02 Å². The molecule has 2 unspecified atom stereocenters. The number of hydrogen-bond acceptors (Lipinski definition) is 10. The monoisotopic (exact) mass is 600 g/mol. The number of benzene rings is 1. The first-order valence-corrected chi connectivity index (χ1v) is 16.1. The molecular formula is C28H37ClN8O3S. The number of anilines is 4. The number of β-amino-alcohol motifs (C(OH)–C–C–N with tert-alkyl or cyclic N) is 1. The van der Waals surface area contributed by atoms with Crippen LogP contribution >= 0.6 is 11.6 Å². The average Bonchev–Trinajstić information content (AvgIpc) is 3.27. The fourth-order valence-electron chi connectivity index (χ4n) is 5.68. The van der Waals surface area contributed by atoms with Crippen molar-refractivity contribution in [3.63, 3.8) is 0 Å². The van der Waals surface area contributed by atoms with E-state index in [9.17, 15) is 13.5 Å². The highest BCUT2D eigenvalue weighted by atomic mass is 35.5. The number of aliphatic hydroxyl groups excluding tert-OH is 1. The maximum atomic E-state index is 12.0. The van der Waals surface area contributed by atoms with E-state index in [1.807, 2.05) is 0 Å². The maximum absolute atomic E-state index is 12.0. The molecule has 220 valence electrons. The molecule has 13 heteroatoms. The average molecular weight is 601 g/mol. The first-order valence-electron chi connectivity index (χ1n) is 13.9. The number of rotatable bonds is 9. The van der Waals surface area contributed by atoms with Gasteiger partial charge in [0, 0.05) is 44.3 Å². The molecule has 0 bridgehead atoms. The lowest BCUT2D eigenvalue weighted by molar-refractivity contribution is 0.135. The van der Waals surface area contributed by atoms with E-state index in [-0.39, 0.29) is 18.5 Å². The minimum atomic E-state index is -3.50. The topological polar surface area (TPSA) is 136 Å². The van der Waals surface area contributed by atoms with Gasteiger partial charge in [-0.1, -0.05) is 17.7 Å². The Balaban J connectivity index is 1.25. The number of halogens is 1. The summed E-state index contributed by atoms with van der Waals surface area (Å²) in [5.74, 6) is 1.61. The van der Waals surface area contributed by atoms with Crippen molar-refractivity contribution in [1.82, 2.24) is 24.8 Å². The van der Waals surface area contributed by atoms with Gasteiger partial charge >= 0.3 is 0 Å². The van der Waals surface area contributed by atoms with Crippen molar-refractivity contribution in [1.29, 1.82) is 0 Å². The molecule has 3 N–H and O–H groups in total. The predicted molar refractivity (Wildman–Crippen MR) is 161 cm³/mol. The summed E-state index contributed by atoms with van der Waals surface area (Å²) in [5, 5.41) is 16.7. The van der Waals surface area contributed by atoms with Crippen LogP contribution < -0.4 is 14.9 Å². The van der Waals surface area contributed by atoms with Crippen molar-refractivity contribution < 1.29 is 13.5 Å². The zero-order valence-corrected chi connectivity index (χ0v) is 25.2. The molecule has 0 radical (unpaired) electrons. The second-order valence-electron chi connectivity index (χ2n) is 10.9. The lowest BCUT2D eigenvalue weighted by Gasteiger charge is -2.31. The number of hydrogen-bond donors (Lipinski definition) is 3. The van der Waals surface area contributed by atoms with E-state index in [1.54, 1.807) is 0 Å². The van der Waals surface area contributed by atoms with Crippen LogP contribution in [0.25, 0.3) is 0 Å². The molecule has 11 nitrogen and oxygen atoms in total. The normalized spacial score (nSPS) is 20.2. The Kier molecular flexibility index (Phi) is 8.93. The number of nitrogens with zero attached hydrogens (tertiary/aromatic N) is 6. The number of sulfonamides is 1. The Morgan fingerprint density at radius 2 is 1.90 bits per heavy atom. The molecule has 5 rings (SSSR count). The number of aromatic nitrogens is 4. The fraction of sp³-hybridized carbons (Fsp3) is 0.500. The van der Waals surface area contributed by atoms with Gasteiger partial charge in [0.25, 0.3) is 0 Å². The minimum absolute atomic E-state index is 0.161. The second-order valence-corrected chi connectivity index (χ2v) is 13.3. The number of likely N-dealkylation sites (tertiary alicyclic amines) is 1. The molecule has 41 heavy (non-hydrogen) atoms. The summed E-state index contributed by atoms with van der Waals surface area (Å²) in [4.78, 5) is 19.8. The molecule has 1 aromatic carbocycles. The van der Waals surface area contributed by atoms with Crippen molar-refractivity contribution in [3.05, 3.63) is 58.6 Å². The van der Waals surface area contributed by atoms with E-state index in [0.29, 0.717) is 34.4 Å². The Morgan fingerprint density at radius 1 is 1.15 bits per heavy atom. The minimum Gasteiger partial charge on any atom is -0.392 e. The van der Waals surface area contributed by atoms with E-state index < -0.39 is 10.0 Å². The molecule has 1 aliphatic carbocycles. The molecule has 2 aliphatic rings. The van der Waals surface area contributed by atoms with Gasteiger partial charge in [-0.25, -0.2) is 18.4 Å². The van der Waals surface area contributed by atoms with Gasteiger partial charge < -0.3 is 15.7 Å². The molecular weight excluding hydrogens is 564 g/mol. The van der Waals surface area contributed by atoms with Crippen LogP contribution in [0.4, 0.5) is 23.3 Å². The maximum Gasteiger partial charge on any atom is 0.233 e. The summed E-state index contributed by atoms with van der Waals surface area (Å²) in [6.07, 6.45) is 10.6. The van der Waals surface area contributed by atoms with Crippen molar-refractivity contribution in [2.75, 3.05) is 41.3 Å². The molecule has 3 heterocycles. The third-order valence-corrected chi connectivity index (χ3v) is 9.64. The first kappa shape index (κ1) is 29.4. The highest BCUT2D eigenvalue weighted by Crippen LogP contribution is 2.32. The molecule has 3 atom stereocenters. The van der Waals surface area contributed by atoms with Gasteiger partial charge in [0.15, 0.2) is 11.6 Å². The van der Waals surface area contributed by atoms with Crippen LogP contribution in [-0.2, 0) is 29.4 Å². The summed E-state index contributed by atoms with van der Waals surface area (Å²) >= 11 is 6.37. The Morgan fingerprint density at radius 3 is 2.63 bits per heavy atom. The molecule has 2 aromatic heterocycles. The number of aryl methyl sites for hydroxylation is 2. The quantitative estimate of drug-likeness (QED) is 0.312. The molecule has 1 aliphatic heterocycles. The van der Waals surface area contributed by atoms with Crippen molar-refractivity contribution in [3.8, 4) is 0 Å². The molecule has 0 saturated carbocycles. The number of aliphatic hydroxyl groups is 1. The molecule has 1 fully saturated rings.